The number of amides is 4. The van der Waals surface area contributed by atoms with E-state index in [0.717, 1.165) is 21.2 Å². The number of nitrogens with one attached hydrogen (secondary N) is 1. The molecule has 11 heteroatoms. The third-order valence-corrected chi connectivity index (χ3v) is 8.16. The van der Waals surface area contributed by atoms with Gasteiger partial charge in [0.15, 0.2) is 0 Å². The van der Waals surface area contributed by atoms with Gasteiger partial charge in [-0.1, -0.05) is 48.5 Å². The smallest absolute Gasteiger partial charge is 0.334 e. The van der Waals surface area contributed by atoms with E-state index < -0.39 is 48.5 Å². The van der Waals surface area contributed by atoms with Gasteiger partial charge in [-0.15, -0.1) is 11.3 Å². The van der Waals surface area contributed by atoms with E-state index in [1.807, 2.05) is 60.0 Å². The SMILES string of the molecule is C[C@H]1[C@H]2N(C(=O)CN(C)N2C(=O)NCc2ccccc2)[C@@H](CC(=O)O)C(=O)N1Cc1csc2ccccc12. The number of hydrazine groups is 1. The molecular weight excluding hydrogens is 506 g/mol. The number of piperazine rings is 1. The Balaban J connectivity index is 1.49. The van der Waals surface area contributed by atoms with Gasteiger partial charge in [-0.25, -0.2) is 14.8 Å². The predicted molar refractivity (Wildman–Crippen MR) is 142 cm³/mol. The van der Waals surface area contributed by atoms with Crippen LogP contribution in [-0.4, -0.2) is 80.6 Å². The number of carboxylic acids is 1. The van der Waals surface area contributed by atoms with E-state index in [-0.39, 0.29) is 19.6 Å². The first-order chi connectivity index (χ1) is 18.3. The maximum atomic E-state index is 13.7. The second-order valence-corrected chi connectivity index (χ2v) is 10.5. The molecule has 10 nitrogen and oxygen atoms in total. The van der Waals surface area contributed by atoms with Gasteiger partial charge in [-0.05, 0) is 34.9 Å². The zero-order valence-corrected chi connectivity index (χ0v) is 21.9. The summed E-state index contributed by atoms with van der Waals surface area (Å²) in [4.78, 5) is 55.2. The summed E-state index contributed by atoms with van der Waals surface area (Å²) in [6.07, 6.45) is -1.42. The normalized spacial score (nSPS) is 22.1. The molecule has 2 saturated heterocycles. The molecule has 2 N–H and O–H groups in total. The van der Waals surface area contributed by atoms with Gasteiger partial charge in [0.05, 0.1) is 19.0 Å². The third kappa shape index (κ3) is 4.70. The maximum absolute atomic E-state index is 13.7. The number of carbonyl (C=O) groups excluding carboxylic acids is 3. The number of hydrogen-bond acceptors (Lipinski definition) is 6. The maximum Gasteiger partial charge on any atom is 0.334 e. The summed E-state index contributed by atoms with van der Waals surface area (Å²) in [6, 6.07) is 15.1. The van der Waals surface area contributed by atoms with Gasteiger partial charge < -0.3 is 20.2 Å². The van der Waals surface area contributed by atoms with Crippen molar-refractivity contribution in [2.24, 2.45) is 0 Å². The Morgan fingerprint density at radius 2 is 1.79 bits per heavy atom. The molecule has 198 valence electrons. The van der Waals surface area contributed by atoms with E-state index in [0.29, 0.717) is 0 Å². The molecule has 3 heterocycles. The van der Waals surface area contributed by atoms with Crippen LogP contribution in [-0.2, 0) is 27.5 Å². The minimum Gasteiger partial charge on any atom is -0.481 e. The topological polar surface area (TPSA) is 114 Å². The van der Waals surface area contributed by atoms with Crippen LogP contribution in [0.25, 0.3) is 10.1 Å². The van der Waals surface area contributed by atoms with Crippen LogP contribution >= 0.6 is 11.3 Å². The fourth-order valence-electron chi connectivity index (χ4n) is 5.33. The molecular formula is C27H29N5O5S. The van der Waals surface area contributed by atoms with Crippen LogP contribution < -0.4 is 5.32 Å². The molecule has 3 aromatic rings. The van der Waals surface area contributed by atoms with Crippen molar-refractivity contribution in [1.82, 2.24) is 25.1 Å². The van der Waals surface area contributed by atoms with E-state index in [2.05, 4.69) is 5.32 Å². The molecule has 38 heavy (non-hydrogen) atoms. The minimum atomic E-state index is -1.22. The number of benzene rings is 2. The minimum absolute atomic E-state index is 0.152. The van der Waals surface area contributed by atoms with E-state index >= 15 is 0 Å². The highest BCUT2D eigenvalue weighted by molar-refractivity contribution is 7.17. The molecule has 5 rings (SSSR count). The van der Waals surface area contributed by atoms with Crippen LogP contribution in [0.2, 0.25) is 0 Å². The number of carbonyl (C=O) groups is 4. The van der Waals surface area contributed by atoms with E-state index in [1.54, 1.807) is 30.2 Å². The molecule has 2 aliphatic heterocycles. The Kier molecular flexibility index (Phi) is 7.04. The molecule has 3 atom stereocenters. The van der Waals surface area contributed by atoms with Crippen LogP contribution in [0.5, 0.6) is 0 Å². The number of carboxylic acid groups (broad SMARTS) is 1. The van der Waals surface area contributed by atoms with Crippen LogP contribution in [0.4, 0.5) is 4.79 Å². The monoisotopic (exact) mass is 535 g/mol. The van der Waals surface area contributed by atoms with Crippen molar-refractivity contribution in [3.05, 3.63) is 71.1 Å². The Morgan fingerprint density at radius 1 is 1.08 bits per heavy atom. The van der Waals surface area contributed by atoms with Crippen molar-refractivity contribution in [3.63, 3.8) is 0 Å². The van der Waals surface area contributed by atoms with Crippen LogP contribution in [0.15, 0.2) is 60.0 Å². The van der Waals surface area contributed by atoms with Crippen molar-refractivity contribution in [3.8, 4) is 0 Å². The fraction of sp³-hybridized carbons (Fsp3) is 0.333. The van der Waals surface area contributed by atoms with Crippen LogP contribution in [0.3, 0.4) is 0 Å². The van der Waals surface area contributed by atoms with Gasteiger partial charge >= 0.3 is 12.0 Å². The quantitative estimate of drug-likeness (QED) is 0.502. The molecule has 2 aliphatic rings. The fourth-order valence-corrected chi connectivity index (χ4v) is 6.28. The summed E-state index contributed by atoms with van der Waals surface area (Å²) in [7, 11) is 1.64. The summed E-state index contributed by atoms with van der Waals surface area (Å²) in [6.45, 7) is 2.16. The van der Waals surface area contributed by atoms with Gasteiger partial charge in [0.2, 0.25) is 11.8 Å². The zero-order chi connectivity index (χ0) is 27.0. The number of thiophene rings is 1. The molecule has 0 spiro atoms. The molecule has 0 saturated carbocycles. The summed E-state index contributed by atoms with van der Waals surface area (Å²) < 4.78 is 1.08. The predicted octanol–water partition coefficient (Wildman–Crippen LogP) is 2.70. The number of fused-ring (bicyclic) bond motifs is 2. The molecule has 0 unspecified atom stereocenters. The Morgan fingerprint density at radius 3 is 2.53 bits per heavy atom. The van der Waals surface area contributed by atoms with Crippen molar-refractivity contribution in [2.45, 2.75) is 44.7 Å². The van der Waals surface area contributed by atoms with Gasteiger partial charge in [-0.2, -0.15) is 0 Å². The standard InChI is InChI=1S/C27H29N5O5S/c1-17-25-31(23(33)15-29(2)32(25)27(37)28-13-18-8-4-3-5-9-18)21(12-24(34)35)26(36)30(17)14-19-16-38-22-11-7-6-10-20(19)22/h3-11,16-17,21,25H,12-15H2,1-2H3,(H,28,37)(H,34,35)/t17-,21-,25-/m0/s1. The molecule has 2 aromatic carbocycles. The molecule has 0 aliphatic carbocycles. The first kappa shape index (κ1) is 25.7. The number of rotatable bonds is 6. The first-order valence-electron chi connectivity index (χ1n) is 12.4. The van der Waals surface area contributed by atoms with Crippen molar-refractivity contribution in [1.29, 1.82) is 0 Å². The Labute approximate surface area is 224 Å². The van der Waals surface area contributed by atoms with Gasteiger partial charge in [0.25, 0.3) is 0 Å². The Hall–Kier alpha value is -3.96. The van der Waals surface area contributed by atoms with E-state index in [4.69, 9.17) is 0 Å². The summed E-state index contributed by atoms with van der Waals surface area (Å²) in [5.74, 6) is -2.02. The lowest BCUT2D eigenvalue weighted by Crippen LogP contribution is -2.78. The summed E-state index contributed by atoms with van der Waals surface area (Å²) in [5.41, 5.74) is 1.85. The Bertz CT molecular complexity index is 1380. The van der Waals surface area contributed by atoms with Crippen molar-refractivity contribution >= 4 is 45.2 Å². The van der Waals surface area contributed by atoms with Gasteiger partial charge in [-0.3, -0.25) is 14.4 Å². The summed E-state index contributed by atoms with van der Waals surface area (Å²) >= 11 is 1.57. The number of hydrogen-bond donors (Lipinski definition) is 2. The second-order valence-electron chi connectivity index (χ2n) is 9.60. The van der Waals surface area contributed by atoms with Gasteiger partial charge in [0.1, 0.15) is 12.2 Å². The van der Waals surface area contributed by atoms with Crippen LogP contribution in [0, 0.1) is 0 Å². The summed E-state index contributed by atoms with van der Waals surface area (Å²) in [5, 5.41) is 18.5. The lowest BCUT2D eigenvalue weighted by Gasteiger charge is -2.57. The zero-order valence-electron chi connectivity index (χ0n) is 21.1. The van der Waals surface area contributed by atoms with Crippen molar-refractivity contribution in [2.75, 3.05) is 13.6 Å². The lowest BCUT2D eigenvalue weighted by atomic mass is 9.97. The third-order valence-electron chi connectivity index (χ3n) is 7.15. The largest absolute Gasteiger partial charge is 0.481 e. The molecule has 0 radical (unpaired) electrons. The van der Waals surface area contributed by atoms with E-state index in [9.17, 15) is 24.3 Å². The first-order valence-corrected chi connectivity index (χ1v) is 13.2. The number of nitrogens with zero attached hydrogens (tertiary/aromatic N) is 4. The van der Waals surface area contributed by atoms with Crippen molar-refractivity contribution < 1.29 is 24.3 Å². The second kappa shape index (κ2) is 10.4. The van der Waals surface area contributed by atoms with Crippen LogP contribution in [0.1, 0.15) is 24.5 Å². The number of aliphatic carboxylic acids is 1. The lowest BCUT2D eigenvalue weighted by molar-refractivity contribution is -0.197. The molecule has 4 amide bonds. The average Bonchev–Trinajstić information content (AvgIpc) is 3.31. The number of urea groups is 1. The highest BCUT2D eigenvalue weighted by atomic mass is 32.1. The molecule has 1 aromatic heterocycles. The average molecular weight is 536 g/mol. The van der Waals surface area contributed by atoms with Gasteiger partial charge in [0, 0.05) is 24.8 Å². The highest BCUT2D eigenvalue weighted by Crippen LogP contribution is 2.34. The highest BCUT2D eigenvalue weighted by Gasteiger charge is 2.54. The molecule has 0 bridgehead atoms. The molecule has 2 fully saturated rings. The van der Waals surface area contributed by atoms with E-state index in [1.165, 1.54) is 14.9 Å². The number of likely N-dealkylation sites (N-methyl/N-ethyl adjacent to an activating group) is 1.